The van der Waals surface area contributed by atoms with Gasteiger partial charge in [-0.1, -0.05) is 30.3 Å². The van der Waals surface area contributed by atoms with Crippen molar-refractivity contribution in [1.29, 1.82) is 0 Å². The van der Waals surface area contributed by atoms with Gasteiger partial charge in [-0.2, -0.15) is 12.7 Å². The zero-order valence-corrected chi connectivity index (χ0v) is 15.3. The van der Waals surface area contributed by atoms with E-state index >= 15 is 0 Å². The summed E-state index contributed by atoms with van der Waals surface area (Å²) in [5.41, 5.74) is 3.39. The van der Waals surface area contributed by atoms with Crippen molar-refractivity contribution in [3.8, 4) is 0 Å². The molecule has 1 amide bonds. The molecule has 1 aromatic heterocycles. The lowest BCUT2D eigenvalue weighted by atomic mass is 10.2. The SMILES string of the molecule is O=C(Cc1cscn1)NS(=O)(=O)N1CCN(Cc2ccccc2)CC1. The molecule has 7 nitrogen and oxygen atoms in total. The van der Waals surface area contributed by atoms with Crippen LogP contribution in [0.3, 0.4) is 0 Å². The number of nitrogens with one attached hydrogen (secondary N) is 1. The Balaban J connectivity index is 1.50. The first-order valence-corrected chi connectivity index (χ1v) is 10.4. The van der Waals surface area contributed by atoms with Crippen molar-refractivity contribution in [1.82, 2.24) is 18.9 Å². The zero-order valence-electron chi connectivity index (χ0n) is 13.7. The summed E-state index contributed by atoms with van der Waals surface area (Å²) in [6.45, 7) is 2.80. The number of carbonyl (C=O) groups excluding carboxylic acids is 1. The molecule has 0 atom stereocenters. The van der Waals surface area contributed by atoms with E-state index in [1.165, 1.54) is 21.2 Å². The van der Waals surface area contributed by atoms with E-state index < -0.39 is 16.1 Å². The van der Waals surface area contributed by atoms with Crippen LogP contribution in [0.5, 0.6) is 0 Å². The van der Waals surface area contributed by atoms with Crippen molar-refractivity contribution in [2.45, 2.75) is 13.0 Å². The number of piperazine rings is 1. The Morgan fingerprint density at radius 1 is 1.16 bits per heavy atom. The van der Waals surface area contributed by atoms with Gasteiger partial charge in [-0.05, 0) is 5.56 Å². The van der Waals surface area contributed by atoms with E-state index in [0.717, 1.165) is 6.54 Å². The number of thiazole rings is 1. The molecule has 2 heterocycles. The fraction of sp³-hybridized carbons (Fsp3) is 0.375. The van der Waals surface area contributed by atoms with Crippen LogP contribution in [0.4, 0.5) is 0 Å². The van der Waals surface area contributed by atoms with Gasteiger partial charge in [0.15, 0.2) is 0 Å². The first-order chi connectivity index (χ1) is 12.0. The highest BCUT2D eigenvalue weighted by molar-refractivity contribution is 7.87. The van der Waals surface area contributed by atoms with E-state index in [2.05, 4.69) is 26.7 Å². The van der Waals surface area contributed by atoms with E-state index in [-0.39, 0.29) is 6.42 Å². The summed E-state index contributed by atoms with van der Waals surface area (Å²) >= 11 is 1.37. The van der Waals surface area contributed by atoms with Crippen molar-refractivity contribution in [2.75, 3.05) is 26.2 Å². The van der Waals surface area contributed by atoms with Crippen LogP contribution in [-0.4, -0.2) is 54.7 Å². The van der Waals surface area contributed by atoms with E-state index in [4.69, 9.17) is 0 Å². The van der Waals surface area contributed by atoms with E-state index in [1.54, 1.807) is 10.9 Å². The predicted octanol–water partition coefficient (Wildman–Crippen LogP) is 0.864. The van der Waals surface area contributed by atoms with Gasteiger partial charge in [0, 0.05) is 38.1 Å². The summed E-state index contributed by atoms with van der Waals surface area (Å²) in [7, 11) is -3.80. The molecule has 1 aromatic carbocycles. The molecule has 1 aliphatic rings. The molecule has 9 heteroatoms. The number of amides is 1. The van der Waals surface area contributed by atoms with Crippen molar-refractivity contribution in [2.24, 2.45) is 0 Å². The molecule has 0 saturated carbocycles. The van der Waals surface area contributed by atoms with Crippen LogP contribution in [-0.2, 0) is 28.0 Å². The van der Waals surface area contributed by atoms with Gasteiger partial charge < -0.3 is 0 Å². The van der Waals surface area contributed by atoms with E-state index in [1.807, 2.05) is 18.2 Å². The largest absolute Gasteiger partial charge is 0.303 e. The minimum Gasteiger partial charge on any atom is -0.296 e. The van der Waals surface area contributed by atoms with Gasteiger partial charge in [0.05, 0.1) is 17.6 Å². The van der Waals surface area contributed by atoms with Crippen LogP contribution in [0.1, 0.15) is 11.3 Å². The summed E-state index contributed by atoms with van der Waals surface area (Å²) in [5.74, 6) is -0.558. The maximum absolute atomic E-state index is 12.3. The molecule has 0 spiro atoms. The van der Waals surface area contributed by atoms with Crippen LogP contribution in [0.25, 0.3) is 0 Å². The van der Waals surface area contributed by atoms with Crippen LogP contribution in [0, 0.1) is 0 Å². The van der Waals surface area contributed by atoms with E-state index in [0.29, 0.717) is 31.9 Å². The summed E-state index contributed by atoms with van der Waals surface area (Å²) in [5, 5.41) is 1.73. The molecule has 0 unspecified atom stereocenters. The topological polar surface area (TPSA) is 82.6 Å². The molecule has 0 aliphatic carbocycles. The second kappa shape index (κ2) is 8.05. The number of aromatic nitrogens is 1. The molecule has 1 fully saturated rings. The molecule has 2 aromatic rings. The van der Waals surface area contributed by atoms with Crippen molar-refractivity contribution < 1.29 is 13.2 Å². The van der Waals surface area contributed by atoms with E-state index in [9.17, 15) is 13.2 Å². The summed E-state index contributed by atoms with van der Waals surface area (Å²) in [6.07, 6.45) is -0.0310. The number of benzene rings is 1. The summed E-state index contributed by atoms with van der Waals surface area (Å²) in [6, 6.07) is 10.1. The van der Waals surface area contributed by atoms with Crippen LogP contribution >= 0.6 is 11.3 Å². The Bertz CT molecular complexity index is 786. The Hall–Kier alpha value is -1.81. The van der Waals surface area contributed by atoms with Gasteiger partial charge in [-0.15, -0.1) is 11.3 Å². The maximum atomic E-state index is 12.3. The highest BCUT2D eigenvalue weighted by atomic mass is 32.2. The van der Waals surface area contributed by atoms with Crippen molar-refractivity contribution in [3.05, 3.63) is 52.5 Å². The highest BCUT2D eigenvalue weighted by Crippen LogP contribution is 2.11. The number of hydrogen-bond acceptors (Lipinski definition) is 6. The summed E-state index contributed by atoms with van der Waals surface area (Å²) in [4.78, 5) is 18.1. The molecule has 0 bridgehead atoms. The van der Waals surface area contributed by atoms with Gasteiger partial charge in [-0.3, -0.25) is 9.69 Å². The molecule has 1 saturated heterocycles. The monoisotopic (exact) mass is 380 g/mol. The first-order valence-electron chi connectivity index (χ1n) is 7.97. The Morgan fingerprint density at radius 3 is 2.52 bits per heavy atom. The van der Waals surface area contributed by atoms with Crippen LogP contribution < -0.4 is 4.72 Å². The van der Waals surface area contributed by atoms with Gasteiger partial charge in [0.2, 0.25) is 5.91 Å². The molecule has 134 valence electrons. The Morgan fingerprint density at radius 2 is 1.88 bits per heavy atom. The fourth-order valence-electron chi connectivity index (χ4n) is 2.70. The van der Waals surface area contributed by atoms with Gasteiger partial charge in [-0.25, -0.2) is 9.71 Å². The predicted molar refractivity (Wildman–Crippen MR) is 96.2 cm³/mol. The average molecular weight is 380 g/mol. The van der Waals surface area contributed by atoms with Crippen molar-refractivity contribution >= 4 is 27.5 Å². The maximum Gasteiger partial charge on any atom is 0.303 e. The van der Waals surface area contributed by atoms with Crippen LogP contribution in [0.2, 0.25) is 0 Å². The third kappa shape index (κ3) is 5.08. The minimum absolute atomic E-state index is 0.0310. The quantitative estimate of drug-likeness (QED) is 0.804. The lowest BCUT2D eigenvalue weighted by Crippen LogP contribution is -2.52. The normalized spacial score (nSPS) is 16.6. The van der Waals surface area contributed by atoms with Gasteiger partial charge in [0.25, 0.3) is 0 Å². The fourth-order valence-corrected chi connectivity index (χ4v) is 4.39. The summed E-state index contributed by atoms with van der Waals surface area (Å²) < 4.78 is 28.2. The van der Waals surface area contributed by atoms with Crippen molar-refractivity contribution in [3.63, 3.8) is 0 Å². The number of nitrogens with zero attached hydrogens (tertiary/aromatic N) is 3. The lowest BCUT2D eigenvalue weighted by molar-refractivity contribution is -0.118. The smallest absolute Gasteiger partial charge is 0.296 e. The molecule has 1 N–H and O–H groups in total. The third-order valence-electron chi connectivity index (χ3n) is 3.99. The molecule has 25 heavy (non-hydrogen) atoms. The molecule has 1 aliphatic heterocycles. The second-order valence-electron chi connectivity index (χ2n) is 5.85. The number of carbonyl (C=O) groups is 1. The molecule has 3 rings (SSSR count). The molecular formula is C16H20N4O3S2. The standard InChI is InChI=1S/C16H20N4O3S2/c21-16(10-15-12-24-13-17-15)18-25(22,23)20-8-6-19(7-9-20)11-14-4-2-1-3-5-14/h1-5,12-13H,6-11H2,(H,18,21). The Labute approximate surface area is 151 Å². The van der Waals surface area contributed by atoms with Crippen LogP contribution in [0.15, 0.2) is 41.2 Å². The van der Waals surface area contributed by atoms with Gasteiger partial charge >= 0.3 is 10.2 Å². The first kappa shape index (κ1) is 18.0. The number of hydrogen-bond donors (Lipinski definition) is 1. The second-order valence-corrected chi connectivity index (χ2v) is 8.24. The average Bonchev–Trinajstić information content (AvgIpc) is 3.08. The number of rotatable bonds is 6. The van der Waals surface area contributed by atoms with Gasteiger partial charge in [0.1, 0.15) is 0 Å². The molecule has 0 radical (unpaired) electrons. The highest BCUT2D eigenvalue weighted by Gasteiger charge is 2.28. The minimum atomic E-state index is -3.80. The third-order valence-corrected chi connectivity index (χ3v) is 6.15. The zero-order chi connectivity index (χ0) is 17.7. The molecular weight excluding hydrogens is 360 g/mol. The lowest BCUT2D eigenvalue weighted by Gasteiger charge is -2.33. The Kier molecular flexibility index (Phi) is 5.79.